The van der Waals surface area contributed by atoms with E-state index in [-0.39, 0.29) is 6.04 Å². The highest BCUT2D eigenvalue weighted by Crippen LogP contribution is 2.26. The third-order valence-electron chi connectivity index (χ3n) is 4.81. The van der Waals surface area contributed by atoms with Gasteiger partial charge in [-0.05, 0) is 30.7 Å². The second-order valence-electron chi connectivity index (χ2n) is 6.60. The fourth-order valence-corrected chi connectivity index (χ4v) is 3.36. The molecule has 4 rings (SSSR count). The van der Waals surface area contributed by atoms with Gasteiger partial charge in [0.25, 0.3) is 0 Å². The first-order chi connectivity index (χ1) is 12.7. The number of aliphatic hydroxyl groups excluding tert-OH is 1. The fourth-order valence-electron chi connectivity index (χ4n) is 3.36. The predicted molar refractivity (Wildman–Crippen MR) is 98.6 cm³/mol. The van der Waals surface area contributed by atoms with Crippen LogP contribution in [0.25, 0.3) is 11.0 Å². The highest BCUT2D eigenvalue weighted by molar-refractivity contribution is 5.79. The number of piperidine rings is 1. The zero-order valence-electron chi connectivity index (χ0n) is 14.3. The summed E-state index contributed by atoms with van der Waals surface area (Å²) in [4.78, 5) is 11.3. The van der Waals surface area contributed by atoms with Gasteiger partial charge < -0.3 is 20.3 Å². The van der Waals surface area contributed by atoms with E-state index in [0.717, 1.165) is 22.7 Å². The van der Waals surface area contributed by atoms with Crippen LogP contribution in [0.3, 0.4) is 0 Å². The van der Waals surface area contributed by atoms with Crippen LogP contribution < -0.4 is 10.6 Å². The van der Waals surface area contributed by atoms with E-state index in [1.54, 1.807) is 12.3 Å². The van der Waals surface area contributed by atoms with Crippen molar-refractivity contribution in [1.29, 1.82) is 5.26 Å². The largest absolute Gasteiger partial charge is 0.391 e. The molecule has 0 radical (unpaired) electrons. The number of hydrogen-bond acceptors (Lipinski definition) is 6. The SMILES string of the molecule is N#Cc1ccc(Cn2c(N3CC[C@@H](O)[C@H](N)C3)nc3ccccc32)nc1. The summed E-state index contributed by atoms with van der Waals surface area (Å²) in [6.45, 7) is 1.82. The molecular weight excluding hydrogens is 328 g/mol. The van der Waals surface area contributed by atoms with Crippen molar-refractivity contribution < 1.29 is 5.11 Å². The number of hydrogen-bond donors (Lipinski definition) is 2. The minimum Gasteiger partial charge on any atom is -0.391 e. The Bertz CT molecular complexity index is 958. The van der Waals surface area contributed by atoms with Gasteiger partial charge >= 0.3 is 0 Å². The van der Waals surface area contributed by atoms with Gasteiger partial charge in [-0.2, -0.15) is 5.26 Å². The summed E-state index contributed by atoms with van der Waals surface area (Å²) >= 11 is 0. The molecular formula is C19H20N6O. The number of anilines is 1. The van der Waals surface area contributed by atoms with Crippen molar-refractivity contribution in [3.05, 3.63) is 53.9 Å². The second-order valence-corrected chi connectivity index (χ2v) is 6.60. The van der Waals surface area contributed by atoms with E-state index in [0.29, 0.717) is 31.6 Å². The number of aromatic nitrogens is 3. The van der Waals surface area contributed by atoms with Gasteiger partial charge in [-0.3, -0.25) is 4.98 Å². The number of fused-ring (bicyclic) bond motifs is 1. The van der Waals surface area contributed by atoms with Crippen molar-refractivity contribution in [2.45, 2.75) is 25.1 Å². The van der Waals surface area contributed by atoms with E-state index >= 15 is 0 Å². The Hall–Kier alpha value is -2.95. The Labute approximate surface area is 151 Å². The Morgan fingerprint density at radius 3 is 2.85 bits per heavy atom. The molecule has 1 aliphatic heterocycles. The number of benzene rings is 1. The average molecular weight is 348 g/mol. The lowest BCUT2D eigenvalue weighted by Gasteiger charge is -2.35. The molecule has 0 aliphatic carbocycles. The predicted octanol–water partition coefficient (Wildman–Crippen LogP) is 1.25. The van der Waals surface area contributed by atoms with Gasteiger partial charge in [-0.1, -0.05) is 12.1 Å². The fraction of sp³-hybridized carbons (Fsp3) is 0.316. The molecule has 1 aromatic carbocycles. The number of aliphatic hydroxyl groups is 1. The number of nitriles is 1. The highest BCUT2D eigenvalue weighted by atomic mass is 16.3. The monoisotopic (exact) mass is 348 g/mol. The molecule has 3 aromatic rings. The minimum absolute atomic E-state index is 0.287. The van der Waals surface area contributed by atoms with E-state index < -0.39 is 6.10 Å². The van der Waals surface area contributed by atoms with Crippen LogP contribution in [-0.2, 0) is 6.54 Å². The van der Waals surface area contributed by atoms with Gasteiger partial charge in [0.1, 0.15) is 6.07 Å². The third-order valence-corrected chi connectivity index (χ3v) is 4.81. The van der Waals surface area contributed by atoms with Gasteiger partial charge in [0.15, 0.2) is 0 Å². The van der Waals surface area contributed by atoms with Gasteiger partial charge in [0, 0.05) is 25.3 Å². The molecule has 2 atom stereocenters. The van der Waals surface area contributed by atoms with E-state index in [9.17, 15) is 5.11 Å². The van der Waals surface area contributed by atoms with Crippen molar-refractivity contribution in [2.75, 3.05) is 18.0 Å². The summed E-state index contributed by atoms with van der Waals surface area (Å²) in [6, 6.07) is 13.4. The summed E-state index contributed by atoms with van der Waals surface area (Å²) in [5, 5.41) is 18.9. The maximum Gasteiger partial charge on any atom is 0.206 e. The molecule has 1 fully saturated rings. The second kappa shape index (κ2) is 6.75. The smallest absolute Gasteiger partial charge is 0.206 e. The van der Waals surface area contributed by atoms with Crippen LogP contribution in [-0.4, -0.2) is 44.9 Å². The maximum atomic E-state index is 9.92. The van der Waals surface area contributed by atoms with Crippen molar-refractivity contribution in [1.82, 2.24) is 14.5 Å². The standard InChI is InChI=1S/C19H20N6O/c20-9-13-5-6-14(22-10-13)11-25-17-4-2-1-3-16(17)23-19(25)24-8-7-18(26)15(21)12-24/h1-6,10,15,18,26H,7-8,11-12,21H2/t15-,18-/m1/s1. The molecule has 0 unspecified atom stereocenters. The molecule has 3 heterocycles. The summed E-state index contributed by atoms with van der Waals surface area (Å²) in [7, 11) is 0. The molecule has 0 spiro atoms. The first kappa shape index (κ1) is 16.5. The quantitative estimate of drug-likeness (QED) is 0.738. The highest BCUT2D eigenvalue weighted by Gasteiger charge is 2.28. The zero-order valence-corrected chi connectivity index (χ0v) is 14.3. The molecule has 7 nitrogen and oxygen atoms in total. The summed E-state index contributed by atoms with van der Waals surface area (Å²) in [5.74, 6) is 0.833. The van der Waals surface area contributed by atoms with Crippen molar-refractivity contribution in [3.63, 3.8) is 0 Å². The first-order valence-corrected chi connectivity index (χ1v) is 8.64. The van der Waals surface area contributed by atoms with Gasteiger partial charge in [-0.15, -0.1) is 0 Å². The third kappa shape index (κ3) is 3.01. The zero-order chi connectivity index (χ0) is 18.1. The lowest BCUT2D eigenvalue weighted by molar-refractivity contribution is 0.124. The molecule has 2 aromatic heterocycles. The normalized spacial score (nSPS) is 20.3. The number of imidazole rings is 1. The molecule has 0 saturated carbocycles. The number of pyridine rings is 1. The minimum atomic E-state index is -0.468. The van der Waals surface area contributed by atoms with Crippen LogP contribution in [0.4, 0.5) is 5.95 Å². The Morgan fingerprint density at radius 1 is 1.27 bits per heavy atom. The van der Waals surface area contributed by atoms with Crippen molar-refractivity contribution in [2.24, 2.45) is 5.73 Å². The van der Waals surface area contributed by atoms with E-state index in [2.05, 4.69) is 20.5 Å². The molecule has 7 heteroatoms. The van der Waals surface area contributed by atoms with Crippen LogP contribution in [0.2, 0.25) is 0 Å². The Balaban J connectivity index is 1.73. The van der Waals surface area contributed by atoms with Gasteiger partial charge in [-0.25, -0.2) is 4.98 Å². The average Bonchev–Trinajstić information content (AvgIpc) is 3.03. The van der Waals surface area contributed by atoms with Crippen LogP contribution in [0.15, 0.2) is 42.6 Å². The first-order valence-electron chi connectivity index (χ1n) is 8.64. The summed E-state index contributed by atoms with van der Waals surface area (Å²) in [5.41, 5.74) is 9.40. The Kier molecular flexibility index (Phi) is 4.29. The molecule has 0 amide bonds. The van der Waals surface area contributed by atoms with Crippen LogP contribution in [0, 0.1) is 11.3 Å². The summed E-state index contributed by atoms with van der Waals surface area (Å²) in [6.07, 6.45) is 1.74. The maximum absolute atomic E-state index is 9.92. The lowest BCUT2D eigenvalue weighted by Crippen LogP contribution is -2.52. The van der Waals surface area contributed by atoms with Gasteiger partial charge in [0.2, 0.25) is 5.95 Å². The lowest BCUT2D eigenvalue weighted by atomic mass is 10.0. The number of para-hydroxylation sites is 2. The molecule has 3 N–H and O–H groups in total. The van der Waals surface area contributed by atoms with Crippen molar-refractivity contribution >= 4 is 17.0 Å². The molecule has 1 aliphatic rings. The number of nitrogens with zero attached hydrogens (tertiary/aromatic N) is 5. The molecule has 0 bridgehead atoms. The van der Waals surface area contributed by atoms with Crippen LogP contribution in [0.5, 0.6) is 0 Å². The van der Waals surface area contributed by atoms with Crippen LogP contribution >= 0.6 is 0 Å². The number of rotatable bonds is 3. The van der Waals surface area contributed by atoms with E-state index in [4.69, 9.17) is 16.0 Å². The molecule has 1 saturated heterocycles. The molecule has 26 heavy (non-hydrogen) atoms. The van der Waals surface area contributed by atoms with Crippen molar-refractivity contribution in [3.8, 4) is 6.07 Å². The summed E-state index contributed by atoms with van der Waals surface area (Å²) < 4.78 is 2.12. The van der Waals surface area contributed by atoms with Gasteiger partial charge in [0.05, 0.1) is 34.9 Å². The Morgan fingerprint density at radius 2 is 2.12 bits per heavy atom. The number of nitrogens with two attached hydrogens (primary N) is 1. The van der Waals surface area contributed by atoms with Crippen LogP contribution in [0.1, 0.15) is 17.7 Å². The van der Waals surface area contributed by atoms with E-state index in [1.807, 2.05) is 30.3 Å². The van der Waals surface area contributed by atoms with E-state index in [1.165, 1.54) is 0 Å². The molecule has 132 valence electrons. The topological polar surface area (TPSA) is 104 Å².